The van der Waals surface area contributed by atoms with Crippen LogP contribution in [-0.4, -0.2) is 12.4 Å². The summed E-state index contributed by atoms with van der Waals surface area (Å²) in [6.07, 6.45) is 0.932. The third kappa shape index (κ3) is 4.23. The Morgan fingerprint density at radius 2 is 1.75 bits per heavy atom. The van der Waals surface area contributed by atoms with E-state index in [0.29, 0.717) is 19.4 Å². The van der Waals surface area contributed by atoms with E-state index in [9.17, 15) is 4.79 Å². The van der Waals surface area contributed by atoms with Gasteiger partial charge in [0.2, 0.25) is 0 Å². The molecule has 2 rings (SSSR count). The fourth-order valence-corrected chi connectivity index (χ4v) is 2.03. The van der Waals surface area contributed by atoms with Crippen molar-refractivity contribution >= 4 is 5.78 Å². The van der Waals surface area contributed by atoms with Gasteiger partial charge in [0.05, 0.1) is 6.61 Å². The van der Waals surface area contributed by atoms with Crippen molar-refractivity contribution in [3.8, 4) is 5.75 Å². The molecule has 0 amide bonds. The van der Waals surface area contributed by atoms with Gasteiger partial charge < -0.3 is 4.74 Å². The smallest absolute Gasteiger partial charge is 0.140 e. The number of ether oxygens (including phenoxy) is 1. The van der Waals surface area contributed by atoms with Crippen molar-refractivity contribution in [2.24, 2.45) is 0 Å². The summed E-state index contributed by atoms with van der Waals surface area (Å²) in [4.78, 5) is 11.9. The van der Waals surface area contributed by atoms with E-state index in [4.69, 9.17) is 4.74 Å². The molecule has 0 saturated heterocycles. The van der Waals surface area contributed by atoms with E-state index in [-0.39, 0.29) is 5.78 Å². The summed E-state index contributed by atoms with van der Waals surface area (Å²) in [6, 6.07) is 15.8. The van der Waals surface area contributed by atoms with Crippen molar-refractivity contribution < 1.29 is 9.53 Å². The third-order valence-corrected chi connectivity index (χ3v) is 3.37. The predicted molar refractivity (Wildman–Crippen MR) is 81.2 cm³/mol. The monoisotopic (exact) mass is 268 g/mol. The Morgan fingerprint density at radius 3 is 2.45 bits per heavy atom. The van der Waals surface area contributed by atoms with Gasteiger partial charge in [-0.05, 0) is 42.7 Å². The molecule has 20 heavy (non-hydrogen) atoms. The molecule has 0 N–H and O–H groups in total. The summed E-state index contributed by atoms with van der Waals surface area (Å²) in [5.74, 6) is 1.02. The molecule has 0 heterocycles. The van der Waals surface area contributed by atoms with Gasteiger partial charge in [-0.2, -0.15) is 0 Å². The predicted octanol–water partition coefficient (Wildman–Crippen LogP) is 3.88. The highest BCUT2D eigenvalue weighted by Gasteiger charge is 2.05. The lowest BCUT2D eigenvalue weighted by atomic mass is 10.0. The number of para-hydroxylation sites is 1. The van der Waals surface area contributed by atoms with E-state index in [1.165, 1.54) is 11.1 Å². The van der Waals surface area contributed by atoms with Crippen LogP contribution in [0.3, 0.4) is 0 Å². The van der Waals surface area contributed by atoms with Crippen molar-refractivity contribution in [1.29, 1.82) is 0 Å². The van der Waals surface area contributed by atoms with E-state index in [1.807, 2.05) is 36.4 Å². The topological polar surface area (TPSA) is 26.3 Å². The number of benzene rings is 2. The van der Waals surface area contributed by atoms with Crippen LogP contribution in [-0.2, 0) is 11.2 Å². The van der Waals surface area contributed by atoms with Crippen LogP contribution in [0.4, 0.5) is 0 Å². The van der Waals surface area contributed by atoms with Crippen LogP contribution in [0.5, 0.6) is 5.75 Å². The van der Waals surface area contributed by atoms with Crippen LogP contribution < -0.4 is 4.74 Å². The van der Waals surface area contributed by atoms with E-state index < -0.39 is 0 Å². The van der Waals surface area contributed by atoms with E-state index in [1.54, 1.807) is 0 Å². The number of rotatable bonds is 6. The number of ketones is 1. The highest BCUT2D eigenvalue weighted by Crippen LogP contribution is 2.12. The van der Waals surface area contributed by atoms with Crippen LogP contribution in [0.25, 0.3) is 0 Å². The standard InChI is InChI=1S/C18H20O2/c1-14-8-9-16(12-15(14)2)13-17(19)10-11-20-18-6-4-3-5-7-18/h3-9,12H,10-11,13H2,1-2H3. The first-order chi connectivity index (χ1) is 9.65. The molecule has 0 spiro atoms. The minimum absolute atomic E-state index is 0.212. The lowest BCUT2D eigenvalue weighted by molar-refractivity contribution is -0.118. The van der Waals surface area contributed by atoms with Gasteiger partial charge in [-0.1, -0.05) is 36.4 Å². The molecular formula is C18H20O2. The molecule has 0 aromatic heterocycles. The van der Waals surface area contributed by atoms with Crippen molar-refractivity contribution in [2.45, 2.75) is 26.7 Å². The second-order valence-corrected chi connectivity index (χ2v) is 5.05. The van der Waals surface area contributed by atoms with Gasteiger partial charge in [0.1, 0.15) is 11.5 Å². The maximum Gasteiger partial charge on any atom is 0.140 e. The van der Waals surface area contributed by atoms with Gasteiger partial charge in [0.25, 0.3) is 0 Å². The lowest BCUT2D eigenvalue weighted by Crippen LogP contribution is -2.09. The number of carbonyl (C=O) groups excluding carboxylic acids is 1. The van der Waals surface area contributed by atoms with Crippen molar-refractivity contribution in [3.05, 3.63) is 65.2 Å². The Kier molecular flexibility index (Phi) is 4.94. The summed E-state index contributed by atoms with van der Waals surface area (Å²) < 4.78 is 5.54. The molecular weight excluding hydrogens is 248 g/mol. The highest BCUT2D eigenvalue weighted by atomic mass is 16.5. The van der Waals surface area contributed by atoms with Gasteiger partial charge in [-0.3, -0.25) is 4.79 Å². The molecule has 104 valence electrons. The molecule has 2 aromatic carbocycles. The van der Waals surface area contributed by atoms with E-state index in [2.05, 4.69) is 26.0 Å². The largest absolute Gasteiger partial charge is 0.493 e. The second kappa shape index (κ2) is 6.90. The zero-order valence-corrected chi connectivity index (χ0v) is 12.1. The Morgan fingerprint density at radius 1 is 1.00 bits per heavy atom. The Labute approximate surface area is 120 Å². The Bertz CT molecular complexity index is 573. The fourth-order valence-electron chi connectivity index (χ4n) is 2.03. The maximum absolute atomic E-state index is 11.9. The van der Waals surface area contributed by atoms with Gasteiger partial charge >= 0.3 is 0 Å². The molecule has 0 fully saturated rings. The van der Waals surface area contributed by atoms with Crippen molar-refractivity contribution in [1.82, 2.24) is 0 Å². The number of Topliss-reactive ketones (excluding diaryl/α,β-unsaturated/α-hetero) is 1. The van der Waals surface area contributed by atoms with Gasteiger partial charge in [0, 0.05) is 12.8 Å². The fraction of sp³-hybridized carbons (Fsp3) is 0.278. The molecule has 0 aliphatic heterocycles. The molecule has 0 aliphatic carbocycles. The van der Waals surface area contributed by atoms with Crippen molar-refractivity contribution in [3.63, 3.8) is 0 Å². The van der Waals surface area contributed by atoms with Gasteiger partial charge in [-0.15, -0.1) is 0 Å². The summed E-state index contributed by atoms with van der Waals surface area (Å²) in [6.45, 7) is 4.59. The van der Waals surface area contributed by atoms with Gasteiger partial charge in [0.15, 0.2) is 0 Å². The molecule has 2 nitrogen and oxygen atoms in total. The molecule has 0 atom stereocenters. The normalized spacial score (nSPS) is 10.3. The summed E-state index contributed by atoms with van der Waals surface area (Å²) >= 11 is 0. The number of hydrogen-bond acceptors (Lipinski definition) is 2. The summed E-state index contributed by atoms with van der Waals surface area (Å²) in [5, 5.41) is 0. The van der Waals surface area contributed by atoms with Crippen LogP contribution in [0.15, 0.2) is 48.5 Å². The number of carbonyl (C=O) groups is 1. The van der Waals surface area contributed by atoms with E-state index in [0.717, 1.165) is 11.3 Å². The molecule has 0 saturated carbocycles. The van der Waals surface area contributed by atoms with Crippen LogP contribution in [0, 0.1) is 13.8 Å². The van der Waals surface area contributed by atoms with Gasteiger partial charge in [-0.25, -0.2) is 0 Å². The SMILES string of the molecule is Cc1ccc(CC(=O)CCOc2ccccc2)cc1C. The maximum atomic E-state index is 11.9. The van der Waals surface area contributed by atoms with Crippen LogP contribution in [0.2, 0.25) is 0 Å². The Hall–Kier alpha value is -2.09. The van der Waals surface area contributed by atoms with Crippen LogP contribution in [0.1, 0.15) is 23.1 Å². The average molecular weight is 268 g/mol. The Balaban J connectivity index is 1.79. The zero-order chi connectivity index (χ0) is 14.4. The molecule has 0 bridgehead atoms. The van der Waals surface area contributed by atoms with Crippen LogP contribution >= 0.6 is 0 Å². The third-order valence-electron chi connectivity index (χ3n) is 3.37. The summed E-state index contributed by atoms with van der Waals surface area (Å²) in [7, 11) is 0. The first-order valence-electron chi connectivity index (χ1n) is 6.91. The minimum atomic E-state index is 0.212. The number of aryl methyl sites for hydroxylation is 2. The number of hydrogen-bond donors (Lipinski definition) is 0. The quantitative estimate of drug-likeness (QED) is 0.794. The average Bonchev–Trinajstić information content (AvgIpc) is 2.44. The first kappa shape index (κ1) is 14.3. The summed E-state index contributed by atoms with van der Waals surface area (Å²) in [5.41, 5.74) is 3.57. The zero-order valence-electron chi connectivity index (χ0n) is 12.1. The molecule has 0 aliphatic rings. The first-order valence-corrected chi connectivity index (χ1v) is 6.91. The lowest BCUT2D eigenvalue weighted by Gasteiger charge is -2.07. The van der Waals surface area contributed by atoms with Crippen molar-refractivity contribution in [2.75, 3.05) is 6.61 Å². The molecule has 0 unspecified atom stereocenters. The second-order valence-electron chi connectivity index (χ2n) is 5.05. The molecule has 2 heteroatoms. The van der Waals surface area contributed by atoms with E-state index >= 15 is 0 Å². The minimum Gasteiger partial charge on any atom is -0.493 e. The molecule has 0 radical (unpaired) electrons. The molecule has 2 aromatic rings. The highest BCUT2D eigenvalue weighted by molar-refractivity contribution is 5.81.